The van der Waals surface area contributed by atoms with Crippen molar-refractivity contribution in [3.63, 3.8) is 0 Å². The van der Waals surface area contributed by atoms with Crippen molar-refractivity contribution < 1.29 is 9.18 Å². The van der Waals surface area contributed by atoms with Gasteiger partial charge in [-0.1, -0.05) is 19.1 Å². The molecule has 1 rings (SSSR count). The molecule has 0 unspecified atom stereocenters. The summed E-state index contributed by atoms with van der Waals surface area (Å²) in [4.78, 5) is 13.0. The Kier molecular flexibility index (Phi) is 3.83. The van der Waals surface area contributed by atoms with Gasteiger partial charge in [-0.2, -0.15) is 0 Å². The Morgan fingerprint density at radius 1 is 1.33 bits per heavy atom. The van der Waals surface area contributed by atoms with Gasteiger partial charge >= 0.3 is 0 Å². The first kappa shape index (κ1) is 11.7. The Bertz CT molecular complexity index is 332. The molecule has 0 heterocycles. The Hall–Kier alpha value is -1.38. The highest BCUT2D eigenvalue weighted by Crippen LogP contribution is 2.19. The smallest absolute Gasteiger partial charge is 0.222 e. The van der Waals surface area contributed by atoms with Crippen molar-refractivity contribution >= 4 is 5.91 Å². The standard InChI is InChI=1S/C12H16FNO/c1-9(8-12(15)14(2)3)10-4-6-11(13)7-5-10/h4-7,9H,8H2,1-3H3/t9-/m0/s1. The second-order valence-corrected chi connectivity index (χ2v) is 3.94. The summed E-state index contributed by atoms with van der Waals surface area (Å²) in [5.41, 5.74) is 0.992. The van der Waals surface area contributed by atoms with E-state index in [1.807, 2.05) is 6.92 Å². The molecule has 15 heavy (non-hydrogen) atoms. The van der Waals surface area contributed by atoms with Crippen LogP contribution in [0.4, 0.5) is 4.39 Å². The topological polar surface area (TPSA) is 20.3 Å². The maximum absolute atomic E-state index is 12.7. The summed E-state index contributed by atoms with van der Waals surface area (Å²) in [5, 5.41) is 0. The van der Waals surface area contributed by atoms with Gasteiger partial charge in [0.25, 0.3) is 0 Å². The molecular weight excluding hydrogens is 193 g/mol. The Morgan fingerprint density at radius 3 is 2.33 bits per heavy atom. The van der Waals surface area contributed by atoms with Gasteiger partial charge in [-0.3, -0.25) is 4.79 Å². The van der Waals surface area contributed by atoms with Gasteiger partial charge in [-0.15, -0.1) is 0 Å². The molecule has 0 aliphatic heterocycles. The fourth-order valence-corrected chi connectivity index (χ4v) is 1.35. The molecule has 1 aromatic carbocycles. The molecule has 0 aromatic heterocycles. The third kappa shape index (κ3) is 3.35. The lowest BCUT2D eigenvalue weighted by atomic mass is 9.97. The molecule has 0 N–H and O–H groups in total. The number of benzene rings is 1. The van der Waals surface area contributed by atoms with Crippen LogP contribution in [0.25, 0.3) is 0 Å². The highest BCUT2D eigenvalue weighted by molar-refractivity contribution is 5.76. The van der Waals surface area contributed by atoms with E-state index in [1.165, 1.54) is 12.1 Å². The van der Waals surface area contributed by atoms with Crippen molar-refractivity contribution in [3.8, 4) is 0 Å². The van der Waals surface area contributed by atoms with Crippen molar-refractivity contribution in [1.82, 2.24) is 4.90 Å². The number of nitrogens with zero attached hydrogens (tertiary/aromatic N) is 1. The molecule has 82 valence electrons. The summed E-state index contributed by atoms with van der Waals surface area (Å²) in [6.45, 7) is 1.97. The first-order valence-electron chi connectivity index (χ1n) is 4.96. The van der Waals surface area contributed by atoms with E-state index in [0.717, 1.165) is 5.56 Å². The molecule has 0 aliphatic carbocycles. The van der Waals surface area contributed by atoms with E-state index in [1.54, 1.807) is 31.1 Å². The fourth-order valence-electron chi connectivity index (χ4n) is 1.35. The molecule has 0 saturated heterocycles. The van der Waals surface area contributed by atoms with E-state index in [-0.39, 0.29) is 17.6 Å². The first-order valence-corrected chi connectivity index (χ1v) is 4.96. The van der Waals surface area contributed by atoms with E-state index < -0.39 is 0 Å². The number of carbonyl (C=O) groups is 1. The highest BCUT2D eigenvalue weighted by Gasteiger charge is 2.12. The van der Waals surface area contributed by atoms with Gasteiger partial charge in [0.05, 0.1) is 0 Å². The molecule has 0 spiro atoms. The van der Waals surface area contributed by atoms with Crippen LogP contribution in [0.15, 0.2) is 24.3 Å². The maximum Gasteiger partial charge on any atom is 0.222 e. The molecule has 0 saturated carbocycles. The lowest BCUT2D eigenvalue weighted by Gasteiger charge is -2.15. The monoisotopic (exact) mass is 209 g/mol. The number of hydrogen-bond donors (Lipinski definition) is 0. The number of carbonyl (C=O) groups excluding carboxylic acids is 1. The normalized spacial score (nSPS) is 12.3. The van der Waals surface area contributed by atoms with Gasteiger partial charge in [0, 0.05) is 20.5 Å². The Balaban J connectivity index is 2.65. The third-order valence-corrected chi connectivity index (χ3v) is 2.42. The zero-order valence-electron chi connectivity index (χ0n) is 9.33. The largest absolute Gasteiger partial charge is 0.349 e. The van der Waals surface area contributed by atoms with E-state index in [4.69, 9.17) is 0 Å². The summed E-state index contributed by atoms with van der Waals surface area (Å²) in [5.74, 6) is -0.0304. The van der Waals surface area contributed by atoms with Crippen molar-refractivity contribution in [2.75, 3.05) is 14.1 Å². The van der Waals surface area contributed by atoms with Crippen molar-refractivity contribution in [2.24, 2.45) is 0 Å². The van der Waals surface area contributed by atoms with Crippen LogP contribution >= 0.6 is 0 Å². The van der Waals surface area contributed by atoms with Crippen LogP contribution in [-0.2, 0) is 4.79 Å². The molecule has 0 fully saturated rings. The minimum atomic E-state index is -0.245. The summed E-state index contributed by atoms with van der Waals surface area (Å²) in [6, 6.07) is 6.30. The molecule has 0 radical (unpaired) electrons. The minimum Gasteiger partial charge on any atom is -0.349 e. The van der Waals surface area contributed by atoms with Crippen LogP contribution in [0.1, 0.15) is 24.8 Å². The van der Waals surface area contributed by atoms with Gasteiger partial charge in [0.1, 0.15) is 5.82 Å². The second-order valence-electron chi connectivity index (χ2n) is 3.94. The van der Waals surface area contributed by atoms with E-state index in [0.29, 0.717) is 6.42 Å². The molecule has 0 bridgehead atoms. The zero-order valence-corrected chi connectivity index (χ0v) is 9.33. The summed E-state index contributed by atoms with van der Waals surface area (Å²) in [7, 11) is 3.47. The number of rotatable bonds is 3. The maximum atomic E-state index is 12.7. The molecule has 3 heteroatoms. The predicted octanol–water partition coefficient (Wildman–Crippen LogP) is 2.41. The lowest BCUT2D eigenvalue weighted by molar-refractivity contribution is -0.129. The fraction of sp³-hybridized carbons (Fsp3) is 0.417. The van der Waals surface area contributed by atoms with E-state index in [2.05, 4.69) is 0 Å². The van der Waals surface area contributed by atoms with E-state index >= 15 is 0 Å². The summed E-state index contributed by atoms with van der Waals surface area (Å²) >= 11 is 0. The van der Waals surface area contributed by atoms with Crippen molar-refractivity contribution in [2.45, 2.75) is 19.3 Å². The number of hydrogen-bond acceptors (Lipinski definition) is 1. The van der Waals surface area contributed by atoms with Crippen molar-refractivity contribution in [1.29, 1.82) is 0 Å². The zero-order chi connectivity index (χ0) is 11.4. The van der Waals surface area contributed by atoms with Crippen molar-refractivity contribution in [3.05, 3.63) is 35.6 Å². The Morgan fingerprint density at radius 2 is 1.87 bits per heavy atom. The van der Waals surface area contributed by atoms with Crippen LogP contribution in [0.5, 0.6) is 0 Å². The van der Waals surface area contributed by atoms with Crippen LogP contribution in [0.3, 0.4) is 0 Å². The first-order chi connectivity index (χ1) is 7.00. The molecule has 1 amide bonds. The average Bonchev–Trinajstić information content (AvgIpc) is 2.18. The van der Waals surface area contributed by atoms with Gasteiger partial charge in [-0.05, 0) is 23.6 Å². The Labute approximate surface area is 89.7 Å². The molecule has 1 aromatic rings. The second kappa shape index (κ2) is 4.91. The SMILES string of the molecule is C[C@@H](CC(=O)N(C)C)c1ccc(F)cc1. The van der Waals surface area contributed by atoms with E-state index in [9.17, 15) is 9.18 Å². The average molecular weight is 209 g/mol. The quantitative estimate of drug-likeness (QED) is 0.748. The molecule has 1 atom stereocenters. The predicted molar refractivity (Wildman–Crippen MR) is 58.1 cm³/mol. The van der Waals surface area contributed by atoms with Crippen LogP contribution < -0.4 is 0 Å². The number of amides is 1. The number of halogens is 1. The highest BCUT2D eigenvalue weighted by atomic mass is 19.1. The van der Waals surface area contributed by atoms with Gasteiger partial charge in [0.15, 0.2) is 0 Å². The van der Waals surface area contributed by atoms with Crippen LogP contribution in [0.2, 0.25) is 0 Å². The molecule has 2 nitrogen and oxygen atoms in total. The summed E-state index contributed by atoms with van der Waals surface area (Å²) in [6.07, 6.45) is 0.457. The summed E-state index contributed by atoms with van der Waals surface area (Å²) < 4.78 is 12.7. The third-order valence-electron chi connectivity index (χ3n) is 2.42. The van der Waals surface area contributed by atoms with Gasteiger partial charge in [-0.25, -0.2) is 4.39 Å². The van der Waals surface area contributed by atoms with Crippen LogP contribution in [0, 0.1) is 5.82 Å². The van der Waals surface area contributed by atoms with Crippen LogP contribution in [-0.4, -0.2) is 24.9 Å². The van der Waals surface area contributed by atoms with Gasteiger partial charge in [0.2, 0.25) is 5.91 Å². The minimum absolute atomic E-state index is 0.0897. The lowest BCUT2D eigenvalue weighted by Crippen LogP contribution is -2.22. The van der Waals surface area contributed by atoms with Gasteiger partial charge < -0.3 is 4.90 Å². The molecular formula is C12H16FNO. The molecule has 0 aliphatic rings.